The molecule has 0 aromatic carbocycles. The van der Waals surface area contributed by atoms with Crippen LogP contribution in [0.25, 0.3) is 0 Å². The van der Waals surface area contributed by atoms with Gasteiger partial charge in [-0.1, -0.05) is 29.2 Å². The van der Waals surface area contributed by atoms with Gasteiger partial charge < -0.3 is 10.1 Å². The van der Waals surface area contributed by atoms with Crippen LogP contribution >= 0.6 is 23.1 Å². The number of thioether (sulfide) groups is 1. The van der Waals surface area contributed by atoms with E-state index < -0.39 is 0 Å². The number of carbonyl (C=O) groups excluding carboxylic acids is 1. The van der Waals surface area contributed by atoms with Crippen LogP contribution < -0.4 is 5.32 Å². The molecule has 0 saturated carbocycles. The van der Waals surface area contributed by atoms with Gasteiger partial charge in [-0.3, -0.25) is 4.79 Å². The fourth-order valence-corrected chi connectivity index (χ4v) is 3.63. The Morgan fingerprint density at radius 3 is 3.15 bits per heavy atom. The molecule has 1 saturated heterocycles. The molecule has 1 aromatic heterocycles. The highest BCUT2D eigenvalue weighted by Gasteiger charge is 2.33. The molecule has 1 aliphatic rings. The maximum atomic E-state index is 12.2. The minimum absolute atomic E-state index is 0.0118. The number of hydrogen-bond acceptors (Lipinski definition) is 6. The minimum atomic E-state index is -0.230. The van der Waals surface area contributed by atoms with E-state index in [0.29, 0.717) is 11.7 Å². The lowest BCUT2D eigenvalue weighted by molar-refractivity contribution is -0.130. The second kappa shape index (κ2) is 6.69. The van der Waals surface area contributed by atoms with Gasteiger partial charge in [0.05, 0.1) is 5.60 Å². The molecule has 110 valence electrons. The van der Waals surface area contributed by atoms with Gasteiger partial charge in [0.1, 0.15) is 0 Å². The SMILES string of the molecule is C=CCSc1nnc(NC(=O)[C@H]2CCOC(C)(C)C2)s1. The molecule has 0 aliphatic carbocycles. The topological polar surface area (TPSA) is 64.1 Å². The molecular weight excluding hydrogens is 294 g/mol. The van der Waals surface area contributed by atoms with Gasteiger partial charge in [-0.2, -0.15) is 0 Å². The lowest BCUT2D eigenvalue weighted by Gasteiger charge is -2.34. The van der Waals surface area contributed by atoms with Gasteiger partial charge in [0, 0.05) is 18.3 Å². The van der Waals surface area contributed by atoms with Gasteiger partial charge >= 0.3 is 0 Å². The van der Waals surface area contributed by atoms with Crippen LogP contribution in [-0.2, 0) is 9.53 Å². The molecular formula is C13H19N3O2S2. The summed E-state index contributed by atoms with van der Waals surface area (Å²) in [6.07, 6.45) is 3.30. The number of nitrogens with zero attached hydrogens (tertiary/aromatic N) is 2. The van der Waals surface area contributed by atoms with Crippen molar-refractivity contribution in [2.24, 2.45) is 5.92 Å². The number of rotatable bonds is 5. The van der Waals surface area contributed by atoms with E-state index in [-0.39, 0.29) is 17.4 Å². The number of carbonyl (C=O) groups is 1. The van der Waals surface area contributed by atoms with E-state index in [2.05, 4.69) is 22.1 Å². The second-order valence-corrected chi connectivity index (χ2v) is 7.50. The van der Waals surface area contributed by atoms with Crippen LogP contribution in [0, 0.1) is 5.92 Å². The second-order valence-electron chi connectivity index (χ2n) is 5.26. The molecule has 5 nitrogen and oxygen atoms in total. The lowest BCUT2D eigenvalue weighted by atomic mass is 9.88. The first kappa shape index (κ1) is 15.5. The molecule has 1 amide bonds. The Balaban J connectivity index is 1.90. The first-order chi connectivity index (χ1) is 9.50. The highest BCUT2D eigenvalue weighted by molar-refractivity contribution is 8.01. The molecule has 1 aliphatic heterocycles. The monoisotopic (exact) mass is 313 g/mol. The fourth-order valence-electron chi connectivity index (χ4n) is 2.11. The molecule has 1 aromatic rings. The van der Waals surface area contributed by atoms with E-state index in [4.69, 9.17) is 4.74 Å². The van der Waals surface area contributed by atoms with Crippen LogP contribution in [0.2, 0.25) is 0 Å². The first-order valence-electron chi connectivity index (χ1n) is 6.52. The Bertz CT molecular complexity index is 488. The van der Waals surface area contributed by atoms with Crippen LogP contribution in [0.1, 0.15) is 26.7 Å². The number of aromatic nitrogens is 2. The Morgan fingerprint density at radius 1 is 1.65 bits per heavy atom. The predicted molar refractivity (Wildman–Crippen MR) is 82.2 cm³/mol. The van der Waals surface area contributed by atoms with E-state index in [9.17, 15) is 4.79 Å². The van der Waals surface area contributed by atoms with Crippen molar-refractivity contribution in [3.05, 3.63) is 12.7 Å². The van der Waals surface area contributed by atoms with Crippen molar-refractivity contribution in [3.8, 4) is 0 Å². The third-order valence-corrected chi connectivity index (χ3v) is 5.00. The quantitative estimate of drug-likeness (QED) is 0.514. The fraction of sp³-hybridized carbons (Fsp3) is 0.615. The summed E-state index contributed by atoms with van der Waals surface area (Å²) in [6, 6.07) is 0. The van der Waals surface area contributed by atoms with Crippen LogP contribution in [0.5, 0.6) is 0 Å². The van der Waals surface area contributed by atoms with Crippen molar-refractivity contribution in [1.82, 2.24) is 10.2 Å². The largest absolute Gasteiger partial charge is 0.376 e. The third-order valence-electron chi connectivity index (χ3n) is 3.03. The molecule has 0 radical (unpaired) electrons. The standard InChI is InChI=1S/C13H19N3O2S2/c1-4-7-19-12-16-15-11(20-12)14-10(17)9-5-6-18-13(2,3)8-9/h4,9H,1,5-8H2,2-3H3,(H,14,15,17)/t9-/m0/s1. The first-order valence-corrected chi connectivity index (χ1v) is 8.32. The van der Waals surface area contributed by atoms with E-state index in [1.54, 1.807) is 11.8 Å². The van der Waals surface area contributed by atoms with Crippen LogP contribution in [0.15, 0.2) is 17.0 Å². The van der Waals surface area contributed by atoms with Gasteiger partial charge in [-0.15, -0.1) is 16.8 Å². The summed E-state index contributed by atoms with van der Waals surface area (Å²) in [5, 5.41) is 11.4. The zero-order valence-electron chi connectivity index (χ0n) is 11.7. The predicted octanol–water partition coefficient (Wildman–Crippen LogP) is 2.96. The van der Waals surface area contributed by atoms with Crippen LogP contribution in [0.4, 0.5) is 5.13 Å². The van der Waals surface area contributed by atoms with Crippen LogP contribution in [-0.4, -0.2) is 34.1 Å². The Kier molecular flexibility index (Phi) is 5.17. The van der Waals surface area contributed by atoms with Gasteiger partial charge in [-0.25, -0.2) is 0 Å². The number of hydrogen-bond donors (Lipinski definition) is 1. The van der Waals surface area contributed by atoms with Crippen molar-refractivity contribution in [2.75, 3.05) is 17.7 Å². The average molecular weight is 313 g/mol. The summed E-state index contributed by atoms with van der Waals surface area (Å²) < 4.78 is 6.47. The van der Waals surface area contributed by atoms with Gasteiger partial charge in [0.2, 0.25) is 11.0 Å². The zero-order chi connectivity index (χ0) is 14.6. The molecule has 1 fully saturated rings. The number of nitrogens with one attached hydrogen (secondary N) is 1. The van der Waals surface area contributed by atoms with Gasteiger partial charge in [0.25, 0.3) is 0 Å². The maximum Gasteiger partial charge on any atom is 0.229 e. The highest BCUT2D eigenvalue weighted by Crippen LogP contribution is 2.30. The Labute approximate surface area is 127 Å². The summed E-state index contributed by atoms with van der Waals surface area (Å²) >= 11 is 2.95. The Hall–Kier alpha value is -0.920. The van der Waals surface area contributed by atoms with Crippen LogP contribution in [0.3, 0.4) is 0 Å². The molecule has 20 heavy (non-hydrogen) atoms. The van der Waals surface area contributed by atoms with Crippen molar-refractivity contribution in [1.29, 1.82) is 0 Å². The maximum absolute atomic E-state index is 12.2. The summed E-state index contributed by atoms with van der Waals surface area (Å²) in [6.45, 7) is 8.32. The summed E-state index contributed by atoms with van der Waals surface area (Å²) in [5.41, 5.74) is -0.230. The lowest BCUT2D eigenvalue weighted by Crippen LogP contribution is -2.39. The normalized spacial score (nSPS) is 21.4. The molecule has 7 heteroatoms. The minimum Gasteiger partial charge on any atom is -0.376 e. The van der Waals surface area contributed by atoms with Crippen molar-refractivity contribution in [3.63, 3.8) is 0 Å². The Morgan fingerprint density at radius 2 is 2.45 bits per heavy atom. The highest BCUT2D eigenvalue weighted by atomic mass is 32.2. The summed E-state index contributed by atoms with van der Waals surface area (Å²) in [4.78, 5) is 12.2. The smallest absolute Gasteiger partial charge is 0.229 e. The molecule has 0 spiro atoms. The van der Waals surface area contributed by atoms with E-state index in [1.807, 2.05) is 19.9 Å². The van der Waals surface area contributed by atoms with E-state index in [1.165, 1.54) is 11.3 Å². The molecule has 1 N–H and O–H groups in total. The average Bonchev–Trinajstić information content (AvgIpc) is 2.82. The zero-order valence-corrected chi connectivity index (χ0v) is 13.4. The van der Waals surface area contributed by atoms with E-state index in [0.717, 1.165) is 22.9 Å². The molecule has 1 atom stereocenters. The molecule has 2 rings (SSSR count). The summed E-state index contributed by atoms with van der Waals surface area (Å²) in [7, 11) is 0. The van der Waals surface area contributed by atoms with Crippen molar-refractivity contribution < 1.29 is 9.53 Å². The summed E-state index contributed by atoms with van der Waals surface area (Å²) in [5.74, 6) is 0.779. The van der Waals surface area contributed by atoms with Crippen molar-refractivity contribution in [2.45, 2.75) is 36.6 Å². The van der Waals surface area contributed by atoms with Crippen molar-refractivity contribution >= 4 is 34.1 Å². The van der Waals surface area contributed by atoms with E-state index >= 15 is 0 Å². The number of ether oxygens (including phenoxy) is 1. The molecule has 0 bridgehead atoms. The van der Waals surface area contributed by atoms with Gasteiger partial charge in [0.15, 0.2) is 4.34 Å². The number of anilines is 1. The molecule has 2 heterocycles. The van der Waals surface area contributed by atoms with Gasteiger partial charge in [-0.05, 0) is 26.7 Å². The number of amides is 1. The third kappa shape index (κ3) is 4.29. The molecule has 0 unspecified atom stereocenters.